The monoisotopic (exact) mass is 440 g/mol. The highest BCUT2D eigenvalue weighted by molar-refractivity contribution is 5.94. The van der Waals surface area contributed by atoms with E-state index < -0.39 is 6.04 Å². The average molecular weight is 441 g/mol. The first kappa shape index (κ1) is 22.4. The fourth-order valence-electron chi connectivity index (χ4n) is 3.61. The third-order valence-corrected chi connectivity index (χ3v) is 5.58. The highest BCUT2D eigenvalue weighted by Crippen LogP contribution is 2.21. The van der Waals surface area contributed by atoms with Crippen molar-refractivity contribution >= 4 is 11.7 Å². The Morgan fingerprint density at radius 3 is 2.39 bits per heavy atom. The maximum Gasteiger partial charge on any atom is 0.247 e. The number of rotatable bonds is 8. The van der Waals surface area contributed by atoms with E-state index in [0.717, 1.165) is 16.8 Å². The lowest BCUT2D eigenvalue weighted by Gasteiger charge is -2.21. The first-order valence-electron chi connectivity index (χ1n) is 11.0. The molecule has 2 atom stereocenters. The molecule has 0 bridgehead atoms. The van der Waals surface area contributed by atoms with E-state index in [1.54, 1.807) is 16.9 Å². The average Bonchev–Trinajstić information content (AvgIpc) is 3.27. The van der Waals surface area contributed by atoms with Gasteiger partial charge in [0.1, 0.15) is 17.6 Å². The number of pyridine rings is 1. The quantitative estimate of drug-likeness (QED) is 0.428. The van der Waals surface area contributed by atoms with E-state index in [1.807, 2.05) is 49.6 Å². The molecule has 0 radical (unpaired) electrons. The molecule has 168 valence electrons. The zero-order valence-electron chi connectivity index (χ0n) is 19.1. The van der Waals surface area contributed by atoms with Gasteiger partial charge in [0.05, 0.1) is 6.20 Å². The van der Waals surface area contributed by atoms with Crippen LogP contribution < -0.4 is 10.6 Å². The zero-order valence-corrected chi connectivity index (χ0v) is 19.1. The molecule has 0 aliphatic carbocycles. The van der Waals surface area contributed by atoms with Crippen molar-refractivity contribution in [2.45, 2.75) is 25.8 Å². The molecular formula is C26H28N6O. The van der Waals surface area contributed by atoms with Gasteiger partial charge in [-0.3, -0.25) is 9.48 Å². The number of anilines is 1. The summed E-state index contributed by atoms with van der Waals surface area (Å²) >= 11 is 0. The Balaban J connectivity index is 1.46. The Morgan fingerprint density at radius 1 is 1.00 bits per heavy atom. The zero-order chi connectivity index (χ0) is 23.2. The van der Waals surface area contributed by atoms with E-state index in [-0.39, 0.29) is 11.8 Å². The molecule has 4 aromatic rings. The van der Waals surface area contributed by atoms with Crippen molar-refractivity contribution in [2.24, 2.45) is 7.05 Å². The Kier molecular flexibility index (Phi) is 6.90. The molecule has 2 aromatic carbocycles. The fourth-order valence-corrected chi connectivity index (χ4v) is 3.61. The molecule has 0 fully saturated rings. The second-order valence-corrected chi connectivity index (χ2v) is 8.26. The van der Waals surface area contributed by atoms with Crippen LogP contribution in [0.5, 0.6) is 0 Å². The van der Waals surface area contributed by atoms with E-state index in [9.17, 15) is 4.79 Å². The molecule has 0 aliphatic rings. The van der Waals surface area contributed by atoms with E-state index in [4.69, 9.17) is 0 Å². The van der Waals surface area contributed by atoms with E-state index in [1.165, 1.54) is 11.1 Å². The summed E-state index contributed by atoms with van der Waals surface area (Å²) in [6.07, 6.45) is 3.50. The third kappa shape index (κ3) is 5.70. The van der Waals surface area contributed by atoms with Gasteiger partial charge in [0.2, 0.25) is 5.91 Å². The van der Waals surface area contributed by atoms with Gasteiger partial charge in [0, 0.05) is 25.4 Å². The van der Waals surface area contributed by atoms with Gasteiger partial charge in [-0.25, -0.2) is 4.98 Å². The number of amides is 1. The summed E-state index contributed by atoms with van der Waals surface area (Å²) in [6, 6.07) is 21.4. The van der Waals surface area contributed by atoms with Crippen LogP contribution in [-0.2, 0) is 11.8 Å². The van der Waals surface area contributed by atoms with Gasteiger partial charge in [-0.2, -0.15) is 0 Å². The van der Waals surface area contributed by atoms with Crippen molar-refractivity contribution in [1.82, 2.24) is 25.3 Å². The number of nitrogens with one attached hydrogen (secondary N) is 2. The maximum absolute atomic E-state index is 13.2. The van der Waals surface area contributed by atoms with Crippen LogP contribution in [0.15, 0.2) is 79.1 Å². The highest BCUT2D eigenvalue weighted by Gasteiger charge is 2.21. The van der Waals surface area contributed by atoms with Crippen molar-refractivity contribution in [1.29, 1.82) is 0 Å². The predicted octanol–water partition coefficient (Wildman–Crippen LogP) is 4.26. The van der Waals surface area contributed by atoms with Crippen LogP contribution in [0.2, 0.25) is 0 Å². The fraction of sp³-hybridized carbons (Fsp3) is 0.231. The van der Waals surface area contributed by atoms with Gasteiger partial charge < -0.3 is 10.6 Å². The molecule has 2 N–H and O–H groups in total. The van der Waals surface area contributed by atoms with Gasteiger partial charge in [-0.05, 0) is 36.1 Å². The Morgan fingerprint density at radius 2 is 1.76 bits per heavy atom. The third-order valence-electron chi connectivity index (χ3n) is 5.58. The minimum absolute atomic E-state index is 0.156. The molecule has 2 aromatic heterocycles. The lowest BCUT2D eigenvalue weighted by atomic mass is 9.98. The summed E-state index contributed by atoms with van der Waals surface area (Å²) in [7, 11) is 1.81. The molecule has 7 heteroatoms. The number of benzene rings is 2. The van der Waals surface area contributed by atoms with Gasteiger partial charge in [-0.15, -0.1) is 5.10 Å². The maximum atomic E-state index is 13.2. The van der Waals surface area contributed by atoms with Crippen molar-refractivity contribution in [2.75, 3.05) is 11.9 Å². The summed E-state index contributed by atoms with van der Waals surface area (Å²) in [5.74, 6) is 0.591. The standard InChI is InChI=1S/C26H28N6O/c1-18-9-11-20(12-10-18)19(2)15-28-25(21-7-5-4-6-8-21)26(33)29-24-14-13-22(16-27-24)23-17-32(3)31-30-23/h4-14,16-17,19,25,28H,15H2,1-3H3,(H,27,29,33)/t19-,25-/m0/s1. The predicted molar refractivity (Wildman–Crippen MR) is 130 cm³/mol. The van der Waals surface area contributed by atoms with E-state index in [2.05, 4.69) is 64.0 Å². The molecule has 2 heterocycles. The van der Waals surface area contributed by atoms with Crippen molar-refractivity contribution in [3.05, 3.63) is 95.8 Å². The number of hydrogen-bond acceptors (Lipinski definition) is 5. The summed E-state index contributed by atoms with van der Waals surface area (Å²) in [5.41, 5.74) is 4.95. The molecule has 4 rings (SSSR count). The number of aryl methyl sites for hydroxylation is 2. The van der Waals surface area contributed by atoms with Crippen LogP contribution >= 0.6 is 0 Å². The first-order valence-corrected chi connectivity index (χ1v) is 11.0. The van der Waals surface area contributed by atoms with E-state index >= 15 is 0 Å². The number of carbonyl (C=O) groups is 1. The van der Waals surface area contributed by atoms with Crippen LogP contribution in [0.25, 0.3) is 11.3 Å². The first-order chi connectivity index (χ1) is 16.0. The van der Waals surface area contributed by atoms with Gasteiger partial charge in [0.25, 0.3) is 0 Å². The highest BCUT2D eigenvalue weighted by atomic mass is 16.2. The Bertz CT molecular complexity index is 1190. The molecular weight excluding hydrogens is 412 g/mol. The van der Waals surface area contributed by atoms with Crippen molar-refractivity contribution < 1.29 is 4.79 Å². The number of nitrogens with zero attached hydrogens (tertiary/aromatic N) is 4. The lowest BCUT2D eigenvalue weighted by Crippen LogP contribution is -2.35. The van der Waals surface area contributed by atoms with Crippen LogP contribution in [0.1, 0.15) is 35.6 Å². The smallest absolute Gasteiger partial charge is 0.247 e. The lowest BCUT2D eigenvalue weighted by molar-refractivity contribution is -0.118. The normalized spacial score (nSPS) is 12.8. The van der Waals surface area contributed by atoms with Crippen molar-refractivity contribution in [3.63, 3.8) is 0 Å². The topological polar surface area (TPSA) is 84.7 Å². The summed E-state index contributed by atoms with van der Waals surface area (Å²) < 4.78 is 1.64. The summed E-state index contributed by atoms with van der Waals surface area (Å²) in [5, 5.41) is 14.4. The molecule has 33 heavy (non-hydrogen) atoms. The van der Waals surface area contributed by atoms with Crippen LogP contribution in [0.4, 0.5) is 5.82 Å². The molecule has 0 aliphatic heterocycles. The largest absolute Gasteiger partial charge is 0.309 e. The van der Waals surface area contributed by atoms with Gasteiger partial charge >= 0.3 is 0 Å². The van der Waals surface area contributed by atoms with E-state index in [0.29, 0.717) is 12.4 Å². The Labute approximate surface area is 193 Å². The minimum atomic E-state index is -0.499. The summed E-state index contributed by atoms with van der Waals surface area (Å²) in [6.45, 7) is 4.90. The van der Waals surface area contributed by atoms with Gasteiger partial charge in [0.15, 0.2) is 0 Å². The molecule has 0 spiro atoms. The van der Waals surface area contributed by atoms with Crippen LogP contribution in [0, 0.1) is 6.92 Å². The SMILES string of the molecule is Cc1ccc([C@@H](C)CN[C@H](C(=O)Nc2ccc(-c3cn(C)nn3)cn2)c2ccccc2)cc1. The van der Waals surface area contributed by atoms with Crippen LogP contribution in [-0.4, -0.2) is 32.4 Å². The van der Waals surface area contributed by atoms with Crippen LogP contribution in [0.3, 0.4) is 0 Å². The molecule has 0 saturated carbocycles. The van der Waals surface area contributed by atoms with Gasteiger partial charge in [-0.1, -0.05) is 72.3 Å². The number of hydrogen-bond donors (Lipinski definition) is 2. The molecule has 0 unspecified atom stereocenters. The second kappa shape index (κ2) is 10.2. The molecule has 7 nitrogen and oxygen atoms in total. The minimum Gasteiger partial charge on any atom is -0.309 e. The number of carbonyl (C=O) groups excluding carboxylic acids is 1. The molecule has 1 amide bonds. The number of aromatic nitrogens is 4. The second-order valence-electron chi connectivity index (χ2n) is 8.26. The molecule has 0 saturated heterocycles. The van der Waals surface area contributed by atoms with Crippen molar-refractivity contribution in [3.8, 4) is 11.3 Å². The Hall–Kier alpha value is -3.84. The summed E-state index contributed by atoms with van der Waals surface area (Å²) in [4.78, 5) is 17.6.